The van der Waals surface area contributed by atoms with Crippen molar-refractivity contribution in [3.63, 3.8) is 0 Å². The molecule has 0 spiro atoms. The number of benzene rings is 1. The van der Waals surface area contributed by atoms with E-state index in [0.717, 1.165) is 29.1 Å². The van der Waals surface area contributed by atoms with E-state index in [4.69, 9.17) is 5.73 Å². The first-order valence-corrected chi connectivity index (χ1v) is 9.66. The number of anilines is 1. The van der Waals surface area contributed by atoms with E-state index in [1.165, 1.54) is 28.1 Å². The molecule has 0 amide bonds. The predicted octanol–water partition coefficient (Wildman–Crippen LogP) is 4.14. The van der Waals surface area contributed by atoms with Gasteiger partial charge in [-0.25, -0.2) is 4.39 Å². The average molecular weight is 373 g/mol. The minimum absolute atomic E-state index is 0.101. The molecule has 1 aromatic carbocycles. The molecule has 0 unspecified atom stereocenters. The SMILES string of the molecule is CCc1sc(N[C@H](CN)Cc2ccc(F)cc2)cc1-c1c(C)cnn1C. The van der Waals surface area contributed by atoms with Crippen molar-refractivity contribution < 1.29 is 4.39 Å². The van der Waals surface area contributed by atoms with Gasteiger partial charge in [0.25, 0.3) is 0 Å². The maximum atomic E-state index is 13.1. The van der Waals surface area contributed by atoms with Gasteiger partial charge in [-0.05, 0) is 49.1 Å². The maximum Gasteiger partial charge on any atom is 0.123 e. The zero-order valence-corrected chi connectivity index (χ0v) is 16.2. The monoisotopic (exact) mass is 372 g/mol. The first kappa shape index (κ1) is 18.6. The summed E-state index contributed by atoms with van der Waals surface area (Å²) in [6.07, 6.45) is 3.63. The number of nitrogens with zero attached hydrogens (tertiary/aromatic N) is 2. The molecule has 0 saturated heterocycles. The summed E-state index contributed by atoms with van der Waals surface area (Å²) >= 11 is 1.76. The Kier molecular flexibility index (Phi) is 5.74. The van der Waals surface area contributed by atoms with E-state index in [1.54, 1.807) is 11.3 Å². The van der Waals surface area contributed by atoms with Crippen LogP contribution in [-0.4, -0.2) is 22.4 Å². The van der Waals surface area contributed by atoms with Gasteiger partial charge < -0.3 is 11.1 Å². The van der Waals surface area contributed by atoms with Gasteiger partial charge in [0.05, 0.1) is 16.9 Å². The van der Waals surface area contributed by atoms with Crippen molar-refractivity contribution in [1.29, 1.82) is 0 Å². The second kappa shape index (κ2) is 8.01. The number of halogens is 1. The summed E-state index contributed by atoms with van der Waals surface area (Å²) in [7, 11) is 1.98. The van der Waals surface area contributed by atoms with Crippen molar-refractivity contribution >= 4 is 16.3 Å². The number of hydrogen-bond acceptors (Lipinski definition) is 4. The van der Waals surface area contributed by atoms with E-state index in [0.29, 0.717) is 6.54 Å². The Hall–Kier alpha value is -2.18. The summed E-state index contributed by atoms with van der Waals surface area (Å²) in [6.45, 7) is 4.77. The van der Waals surface area contributed by atoms with Gasteiger partial charge in [-0.15, -0.1) is 11.3 Å². The molecule has 138 valence electrons. The third-order valence-electron chi connectivity index (χ3n) is 4.53. The molecule has 3 rings (SSSR count). The molecule has 26 heavy (non-hydrogen) atoms. The summed E-state index contributed by atoms with van der Waals surface area (Å²) < 4.78 is 15.0. The Morgan fingerprint density at radius 1 is 1.31 bits per heavy atom. The topological polar surface area (TPSA) is 55.9 Å². The second-order valence-electron chi connectivity index (χ2n) is 6.51. The number of thiophene rings is 1. The summed E-state index contributed by atoms with van der Waals surface area (Å²) in [5, 5.41) is 9.03. The van der Waals surface area contributed by atoms with Gasteiger partial charge in [0.15, 0.2) is 0 Å². The Bertz CT molecular complexity index is 847. The zero-order chi connectivity index (χ0) is 18.7. The van der Waals surface area contributed by atoms with Gasteiger partial charge >= 0.3 is 0 Å². The number of nitrogens with two attached hydrogens (primary N) is 1. The van der Waals surface area contributed by atoms with E-state index in [9.17, 15) is 4.39 Å². The smallest absolute Gasteiger partial charge is 0.123 e. The largest absolute Gasteiger partial charge is 0.373 e. The van der Waals surface area contributed by atoms with Gasteiger partial charge in [-0.2, -0.15) is 5.10 Å². The fourth-order valence-corrected chi connectivity index (χ4v) is 4.27. The van der Waals surface area contributed by atoms with E-state index < -0.39 is 0 Å². The molecule has 0 radical (unpaired) electrons. The van der Waals surface area contributed by atoms with Crippen LogP contribution in [-0.2, 0) is 19.9 Å². The molecule has 2 aromatic heterocycles. The standard InChI is InChI=1S/C20H25FN4S/c1-4-18-17(20-13(2)12-23-25(20)3)10-19(26-18)24-16(11-22)9-14-5-7-15(21)8-6-14/h5-8,10,12,16,24H,4,9,11,22H2,1-3H3/t16-/m0/s1. The van der Waals surface area contributed by atoms with E-state index in [-0.39, 0.29) is 11.9 Å². The maximum absolute atomic E-state index is 13.1. The molecule has 0 saturated carbocycles. The highest BCUT2D eigenvalue weighted by atomic mass is 32.1. The van der Waals surface area contributed by atoms with E-state index >= 15 is 0 Å². The Balaban J connectivity index is 1.81. The van der Waals surface area contributed by atoms with Crippen LogP contribution in [0.1, 0.15) is 22.9 Å². The van der Waals surface area contributed by atoms with Crippen LogP contribution in [0.3, 0.4) is 0 Å². The molecule has 4 nitrogen and oxygen atoms in total. The lowest BCUT2D eigenvalue weighted by atomic mass is 10.1. The Morgan fingerprint density at radius 2 is 2.04 bits per heavy atom. The fraction of sp³-hybridized carbons (Fsp3) is 0.350. The van der Waals surface area contributed by atoms with E-state index in [1.807, 2.05) is 30.1 Å². The van der Waals surface area contributed by atoms with Crippen molar-refractivity contribution in [3.05, 3.63) is 58.3 Å². The van der Waals surface area contributed by atoms with Crippen LogP contribution in [0.25, 0.3) is 11.3 Å². The number of hydrogen-bond donors (Lipinski definition) is 2. The molecule has 0 aliphatic carbocycles. The molecular weight excluding hydrogens is 347 g/mol. The molecule has 0 aliphatic heterocycles. The Morgan fingerprint density at radius 3 is 2.62 bits per heavy atom. The molecule has 1 atom stereocenters. The van der Waals surface area contributed by atoms with E-state index in [2.05, 4.69) is 30.3 Å². The summed E-state index contributed by atoms with van der Waals surface area (Å²) in [5.41, 5.74) is 10.6. The highest BCUT2D eigenvalue weighted by molar-refractivity contribution is 7.16. The van der Waals surface area contributed by atoms with Crippen LogP contribution in [0.4, 0.5) is 9.39 Å². The molecule has 6 heteroatoms. The molecule has 2 heterocycles. The van der Waals surface area contributed by atoms with Crippen molar-refractivity contribution in [2.75, 3.05) is 11.9 Å². The molecule has 0 bridgehead atoms. The van der Waals surface area contributed by atoms with Gasteiger partial charge in [-0.3, -0.25) is 4.68 Å². The second-order valence-corrected chi connectivity index (χ2v) is 7.65. The first-order valence-electron chi connectivity index (χ1n) is 8.84. The zero-order valence-electron chi connectivity index (χ0n) is 15.4. The quantitative estimate of drug-likeness (QED) is 0.655. The molecular formula is C20H25FN4S. The van der Waals surface area contributed by atoms with Crippen molar-refractivity contribution in [2.45, 2.75) is 32.7 Å². The van der Waals surface area contributed by atoms with Crippen LogP contribution < -0.4 is 11.1 Å². The minimum Gasteiger partial charge on any atom is -0.373 e. The molecule has 3 N–H and O–H groups in total. The minimum atomic E-state index is -0.215. The van der Waals surface area contributed by atoms with Gasteiger partial charge in [0.1, 0.15) is 5.82 Å². The van der Waals surface area contributed by atoms with Gasteiger partial charge in [-0.1, -0.05) is 19.1 Å². The third-order valence-corrected chi connectivity index (χ3v) is 5.74. The van der Waals surface area contributed by atoms with Crippen LogP contribution in [0, 0.1) is 12.7 Å². The van der Waals surface area contributed by atoms with Crippen LogP contribution in [0.15, 0.2) is 36.5 Å². The van der Waals surface area contributed by atoms with Crippen LogP contribution >= 0.6 is 11.3 Å². The van der Waals surface area contributed by atoms with Crippen LogP contribution in [0.2, 0.25) is 0 Å². The number of aromatic nitrogens is 2. The normalized spacial score (nSPS) is 12.3. The molecule has 0 aliphatic rings. The summed E-state index contributed by atoms with van der Waals surface area (Å²) in [5.74, 6) is -0.215. The number of rotatable bonds is 7. The lowest BCUT2D eigenvalue weighted by molar-refractivity contribution is 0.626. The van der Waals surface area contributed by atoms with Crippen molar-refractivity contribution in [1.82, 2.24) is 9.78 Å². The van der Waals surface area contributed by atoms with Gasteiger partial charge in [0, 0.05) is 30.1 Å². The number of aryl methyl sites for hydroxylation is 3. The van der Waals surface area contributed by atoms with Gasteiger partial charge in [0.2, 0.25) is 0 Å². The fourth-order valence-electron chi connectivity index (χ4n) is 3.20. The Labute approximate surface area is 157 Å². The first-order chi connectivity index (χ1) is 12.5. The van der Waals surface area contributed by atoms with Crippen LogP contribution in [0.5, 0.6) is 0 Å². The molecule has 3 aromatic rings. The summed E-state index contributed by atoms with van der Waals surface area (Å²) in [4.78, 5) is 1.33. The average Bonchev–Trinajstić information content (AvgIpc) is 3.18. The highest BCUT2D eigenvalue weighted by Crippen LogP contribution is 2.36. The third kappa shape index (κ3) is 3.97. The van der Waals surface area contributed by atoms with Crippen molar-refractivity contribution in [3.8, 4) is 11.3 Å². The predicted molar refractivity (Wildman–Crippen MR) is 107 cm³/mol. The molecule has 0 fully saturated rings. The van der Waals surface area contributed by atoms with Crippen molar-refractivity contribution in [2.24, 2.45) is 12.8 Å². The summed E-state index contributed by atoms with van der Waals surface area (Å²) in [6, 6.07) is 8.91. The highest BCUT2D eigenvalue weighted by Gasteiger charge is 2.17. The lowest BCUT2D eigenvalue weighted by Crippen LogP contribution is -2.30. The number of nitrogens with one attached hydrogen (secondary N) is 1. The lowest BCUT2D eigenvalue weighted by Gasteiger charge is -2.17.